The fraction of sp³-hybridized carbons (Fsp3) is 0.0556. The maximum Gasteiger partial charge on any atom is 0.232 e. The van der Waals surface area contributed by atoms with E-state index < -0.39 is 0 Å². The van der Waals surface area contributed by atoms with E-state index in [1.165, 1.54) is 22.7 Å². The molecule has 3 aromatic heterocycles. The predicted octanol–water partition coefficient (Wildman–Crippen LogP) is 5.47. The first kappa shape index (κ1) is 17.1. The van der Waals surface area contributed by atoms with Crippen LogP contribution in [0.3, 0.4) is 0 Å². The lowest BCUT2D eigenvalue weighted by atomic mass is 10.2. The Labute approximate surface area is 165 Å². The monoisotopic (exact) mass is 445 g/mol. The SMILES string of the molecule is O=C(Cc1csc(-c2ccco2)n1)Nc1nc(-c2ccc(Br)cc2)cs1. The molecule has 0 saturated heterocycles. The van der Waals surface area contributed by atoms with Crippen LogP contribution in [0.15, 0.2) is 62.3 Å². The van der Waals surface area contributed by atoms with Crippen molar-refractivity contribution in [3.05, 3.63) is 63.6 Å². The molecule has 0 saturated carbocycles. The van der Waals surface area contributed by atoms with Crippen molar-refractivity contribution in [1.29, 1.82) is 0 Å². The van der Waals surface area contributed by atoms with E-state index in [0.29, 0.717) is 16.6 Å². The quantitative estimate of drug-likeness (QED) is 0.442. The second-order valence-corrected chi connectivity index (χ2v) is 8.02. The first-order valence-electron chi connectivity index (χ1n) is 7.67. The van der Waals surface area contributed by atoms with Gasteiger partial charge in [-0.25, -0.2) is 9.97 Å². The van der Waals surface area contributed by atoms with Gasteiger partial charge in [0.05, 0.1) is 24.1 Å². The van der Waals surface area contributed by atoms with Gasteiger partial charge in [-0.05, 0) is 24.3 Å². The molecule has 1 N–H and O–H groups in total. The van der Waals surface area contributed by atoms with Gasteiger partial charge in [-0.1, -0.05) is 28.1 Å². The van der Waals surface area contributed by atoms with E-state index >= 15 is 0 Å². The van der Waals surface area contributed by atoms with Crippen LogP contribution in [0.2, 0.25) is 0 Å². The molecule has 0 aliphatic rings. The highest BCUT2D eigenvalue weighted by Gasteiger charge is 2.12. The summed E-state index contributed by atoms with van der Waals surface area (Å²) in [5, 5.41) is 7.98. The molecule has 1 amide bonds. The third-order valence-electron chi connectivity index (χ3n) is 3.52. The van der Waals surface area contributed by atoms with Gasteiger partial charge in [0, 0.05) is 20.8 Å². The lowest BCUT2D eigenvalue weighted by Crippen LogP contribution is -2.14. The van der Waals surface area contributed by atoms with E-state index in [0.717, 1.165) is 20.7 Å². The van der Waals surface area contributed by atoms with E-state index in [-0.39, 0.29) is 12.3 Å². The Kier molecular flexibility index (Phi) is 4.96. The molecule has 5 nitrogen and oxygen atoms in total. The highest BCUT2D eigenvalue weighted by atomic mass is 79.9. The molecule has 0 aliphatic carbocycles. The van der Waals surface area contributed by atoms with Crippen LogP contribution in [0.1, 0.15) is 5.69 Å². The second kappa shape index (κ2) is 7.53. The van der Waals surface area contributed by atoms with E-state index in [9.17, 15) is 4.79 Å². The summed E-state index contributed by atoms with van der Waals surface area (Å²) in [6, 6.07) is 11.6. The Bertz CT molecular complexity index is 1020. The van der Waals surface area contributed by atoms with Crippen LogP contribution in [0.25, 0.3) is 22.0 Å². The molecule has 0 spiro atoms. The number of hydrogen-bond donors (Lipinski definition) is 1. The number of anilines is 1. The van der Waals surface area contributed by atoms with Crippen molar-refractivity contribution in [2.45, 2.75) is 6.42 Å². The number of nitrogens with one attached hydrogen (secondary N) is 1. The number of halogens is 1. The maximum atomic E-state index is 12.3. The molecular formula is C18H12BrN3O2S2. The smallest absolute Gasteiger partial charge is 0.232 e. The highest BCUT2D eigenvalue weighted by molar-refractivity contribution is 9.10. The number of carbonyl (C=O) groups is 1. The first-order chi connectivity index (χ1) is 12.7. The second-order valence-electron chi connectivity index (χ2n) is 5.39. The van der Waals surface area contributed by atoms with Crippen molar-refractivity contribution in [2.24, 2.45) is 0 Å². The molecule has 0 bridgehead atoms. The van der Waals surface area contributed by atoms with Crippen LogP contribution in [-0.2, 0) is 11.2 Å². The minimum atomic E-state index is -0.141. The number of aromatic nitrogens is 2. The van der Waals surface area contributed by atoms with Crippen LogP contribution >= 0.6 is 38.6 Å². The molecule has 0 unspecified atom stereocenters. The van der Waals surface area contributed by atoms with Crippen LogP contribution in [0.5, 0.6) is 0 Å². The summed E-state index contributed by atoms with van der Waals surface area (Å²) in [7, 11) is 0. The lowest BCUT2D eigenvalue weighted by molar-refractivity contribution is -0.115. The summed E-state index contributed by atoms with van der Waals surface area (Å²) < 4.78 is 6.34. The van der Waals surface area contributed by atoms with Gasteiger partial charge >= 0.3 is 0 Å². The number of nitrogens with zero attached hydrogens (tertiary/aromatic N) is 2. The number of hydrogen-bond acceptors (Lipinski definition) is 6. The van der Waals surface area contributed by atoms with Gasteiger partial charge in [-0.3, -0.25) is 4.79 Å². The third-order valence-corrected chi connectivity index (χ3v) is 5.71. The standard InChI is InChI=1S/C18H12BrN3O2S2/c19-12-5-3-11(4-6-12)14-10-26-18(21-14)22-16(23)8-13-9-25-17(20-13)15-2-1-7-24-15/h1-7,9-10H,8H2,(H,21,22,23). The summed E-state index contributed by atoms with van der Waals surface area (Å²) in [6.07, 6.45) is 1.80. The van der Waals surface area contributed by atoms with Crippen LogP contribution in [0, 0.1) is 0 Å². The molecule has 4 rings (SSSR count). The minimum Gasteiger partial charge on any atom is -0.462 e. The molecule has 0 fully saturated rings. The molecule has 1 aromatic carbocycles. The topological polar surface area (TPSA) is 68.0 Å². The van der Waals surface area contributed by atoms with E-state index in [4.69, 9.17) is 4.42 Å². The zero-order valence-corrected chi connectivity index (χ0v) is 16.5. The Balaban J connectivity index is 1.40. The van der Waals surface area contributed by atoms with Gasteiger partial charge < -0.3 is 9.73 Å². The normalized spacial score (nSPS) is 10.8. The summed E-state index contributed by atoms with van der Waals surface area (Å²) in [5.41, 5.74) is 2.56. The Hall–Kier alpha value is -2.29. The Morgan fingerprint density at radius 3 is 2.73 bits per heavy atom. The largest absolute Gasteiger partial charge is 0.462 e. The van der Waals surface area contributed by atoms with Crippen molar-refractivity contribution >= 4 is 49.6 Å². The van der Waals surface area contributed by atoms with Crippen LogP contribution in [-0.4, -0.2) is 15.9 Å². The zero-order valence-electron chi connectivity index (χ0n) is 13.3. The van der Waals surface area contributed by atoms with E-state index in [1.54, 1.807) is 6.26 Å². The molecular weight excluding hydrogens is 434 g/mol. The molecule has 130 valence electrons. The van der Waals surface area contributed by atoms with E-state index in [1.807, 2.05) is 47.2 Å². The molecule has 0 aliphatic heterocycles. The number of carbonyl (C=O) groups excluding carboxylic acids is 1. The maximum absolute atomic E-state index is 12.3. The molecule has 3 heterocycles. The highest BCUT2D eigenvalue weighted by Crippen LogP contribution is 2.27. The summed E-state index contributed by atoms with van der Waals surface area (Å²) in [4.78, 5) is 21.2. The third kappa shape index (κ3) is 3.92. The van der Waals surface area contributed by atoms with Gasteiger partial charge in [0.2, 0.25) is 5.91 Å². The van der Waals surface area contributed by atoms with Crippen molar-refractivity contribution in [2.75, 3.05) is 5.32 Å². The lowest BCUT2D eigenvalue weighted by Gasteiger charge is -1.99. The van der Waals surface area contributed by atoms with Gasteiger partial charge in [0.15, 0.2) is 15.9 Å². The van der Waals surface area contributed by atoms with Crippen molar-refractivity contribution in [3.8, 4) is 22.0 Å². The molecule has 4 aromatic rings. The first-order valence-corrected chi connectivity index (χ1v) is 10.2. The number of furan rings is 1. The number of thiazole rings is 2. The minimum absolute atomic E-state index is 0.141. The fourth-order valence-electron chi connectivity index (χ4n) is 2.31. The fourth-order valence-corrected chi connectivity index (χ4v) is 4.10. The average Bonchev–Trinajstić information content (AvgIpc) is 3.36. The predicted molar refractivity (Wildman–Crippen MR) is 107 cm³/mol. The average molecular weight is 446 g/mol. The summed E-state index contributed by atoms with van der Waals surface area (Å²) >= 11 is 6.28. The number of rotatable bonds is 5. The van der Waals surface area contributed by atoms with Crippen LogP contribution in [0.4, 0.5) is 5.13 Å². The van der Waals surface area contributed by atoms with Gasteiger partial charge in [0.25, 0.3) is 0 Å². The van der Waals surface area contributed by atoms with Gasteiger partial charge in [0.1, 0.15) is 0 Å². The molecule has 0 atom stereocenters. The molecule has 8 heteroatoms. The van der Waals surface area contributed by atoms with Gasteiger partial charge in [-0.15, -0.1) is 22.7 Å². The zero-order chi connectivity index (χ0) is 17.9. The Morgan fingerprint density at radius 2 is 1.96 bits per heavy atom. The number of amides is 1. The summed E-state index contributed by atoms with van der Waals surface area (Å²) in [6.45, 7) is 0. The van der Waals surface area contributed by atoms with E-state index in [2.05, 4.69) is 31.2 Å². The molecule has 26 heavy (non-hydrogen) atoms. The number of benzene rings is 1. The van der Waals surface area contributed by atoms with Gasteiger partial charge in [-0.2, -0.15) is 0 Å². The summed E-state index contributed by atoms with van der Waals surface area (Å²) in [5.74, 6) is 0.568. The van der Waals surface area contributed by atoms with Crippen molar-refractivity contribution in [3.63, 3.8) is 0 Å². The van der Waals surface area contributed by atoms with Crippen LogP contribution < -0.4 is 5.32 Å². The Morgan fingerprint density at radius 1 is 1.12 bits per heavy atom. The van der Waals surface area contributed by atoms with Crippen molar-refractivity contribution in [1.82, 2.24) is 9.97 Å². The van der Waals surface area contributed by atoms with Crippen molar-refractivity contribution < 1.29 is 9.21 Å². The molecule has 0 radical (unpaired) electrons.